The van der Waals surface area contributed by atoms with E-state index in [9.17, 15) is 4.79 Å². The summed E-state index contributed by atoms with van der Waals surface area (Å²) >= 11 is 3.39. The SMILES string of the molecule is CC(Br)C(C)NC(=O)c1ccncn1. The standard InChI is InChI=1S/C9H12BrN3O/c1-6(10)7(2)13-9(14)8-3-4-11-5-12-8/h3-7H,1-2H3,(H,13,14). The van der Waals surface area contributed by atoms with Gasteiger partial charge in [-0.05, 0) is 13.0 Å². The predicted molar refractivity (Wildman–Crippen MR) is 57.3 cm³/mol. The van der Waals surface area contributed by atoms with Gasteiger partial charge in [-0.3, -0.25) is 4.79 Å². The van der Waals surface area contributed by atoms with Crippen molar-refractivity contribution in [2.75, 3.05) is 0 Å². The van der Waals surface area contributed by atoms with E-state index in [0.29, 0.717) is 5.69 Å². The van der Waals surface area contributed by atoms with Gasteiger partial charge in [0.2, 0.25) is 0 Å². The van der Waals surface area contributed by atoms with Gasteiger partial charge in [-0.25, -0.2) is 9.97 Å². The van der Waals surface area contributed by atoms with Gasteiger partial charge < -0.3 is 5.32 Å². The number of hydrogen-bond donors (Lipinski definition) is 1. The third kappa shape index (κ3) is 3.06. The van der Waals surface area contributed by atoms with Crippen LogP contribution in [0.3, 0.4) is 0 Å². The molecular formula is C9H12BrN3O. The molecule has 2 unspecified atom stereocenters. The Kier molecular flexibility index (Phi) is 4.00. The van der Waals surface area contributed by atoms with Crippen LogP contribution in [-0.4, -0.2) is 26.7 Å². The fraction of sp³-hybridized carbons (Fsp3) is 0.444. The van der Waals surface area contributed by atoms with Crippen molar-refractivity contribution < 1.29 is 4.79 Å². The van der Waals surface area contributed by atoms with E-state index in [2.05, 4.69) is 31.2 Å². The van der Waals surface area contributed by atoms with Crippen molar-refractivity contribution >= 4 is 21.8 Å². The number of rotatable bonds is 3. The number of nitrogens with zero attached hydrogens (tertiary/aromatic N) is 2. The first-order valence-corrected chi connectivity index (χ1v) is 5.23. The van der Waals surface area contributed by atoms with E-state index in [4.69, 9.17) is 0 Å². The molecule has 0 aromatic carbocycles. The minimum absolute atomic E-state index is 0.0671. The first-order chi connectivity index (χ1) is 6.61. The molecule has 1 aromatic heterocycles. The van der Waals surface area contributed by atoms with Crippen LogP contribution < -0.4 is 5.32 Å². The zero-order chi connectivity index (χ0) is 10.6. The molecule has 0 bridgehead atoms. The molecule has 76 valence electrons. The lowest BCUT2D eigenvalue weighted by molar-refractivity contribution is 0.0935. The zero-order valence-electron chi connectivity index (χ0n) is 8.07. The molecule has 1 rings (SSSR count). The molecule has 0 fully saturated rings. The van der Waals surface area contributed by atoms with E-state index >= 15 is 0 Å². The smallest absolute Gasteiger partial charge is 0.270 e. The van der Waals surface area contributed by atoms with Gasteiger partial charge in [0.05, 0.1) is 0 Å². The summed E-state index contributed by atoms with van der Waals surface area (Å²) < 4.78 is 0. The lowest BCUT2D eigenvalue weighted by Gasteiger charge is -2.15. The normalized spacial score (nSPS) is 14.5. The molecule has 0 aliphatic rings. The Morgan fingerprint density at radius 1 is 1.57 bits per heavy atom. The first kappa shape index (κ1) is 11.1. The summed E-state index contributed by atoms with van der Waals surface area (Å²) in [6, 6.07) is 1.65. The van der Waals surface area contributed by atoms with Crippen molar-refractivity contribution in [3.8, 4) is 0 Å². The van der Waals surface area contributed by atoms with Crippen LogP contribution in [-0.2, 0) is 0 Å². The predicted octanol–water partition coefficient (Wildman–Crippen LogP) is 1.38. The highest BCUT2D eigenvalue weighted by Gasteiger charge is 2.13. The van der Waals surface area contributed by atoms with Gasteiger partial charge in [-0.2, -0.15) is 0 Å². The van der Waals surface area contributed by atoms with Crippen molar-refractivity contribution in [1.82, 2.24) is 15.3 Å². The van der Waals surface area contributed by atoms with Crippen LogP contribution in [0.2, 0.25) is 0 Å². The van der Waals surface area contributed by atoms with Crippen LogP contribution in [0.4, 0.5) is 0 Å². The molecule has 0 saturated heterocycles. The van der Waals surface area contributed by atoms with Gasteiger partial charge in [0, 0.05) is 17.1 Å². The van der Waals surface area contributed by atoms with E-state index in [1.807, 2.05) is 13.8 Å². The Hall–Kier alpha value is -0.970. The number of nitrogens with one attached hydrogen (secondary N) is 1. The van der Waals surface area contributed by atoms with Gasteiger partial charge in [0.15, 0.2) is 0 Å². The third-order valence-electron chi connectivity index (χ3n) is 1.86. The molecule has 2 atom stereocenters. The van der Waals surface area contributed by atoms with Crippen molar-refractivity contribution in [3.63, 3.8) is 0 Å². The summed E-state index contributed by atoms with van der Waals surface area (Å²) in [6.07, 6.45) is 2.90. The molecule has 0 aliphatic carbocycles. The topological polar surface area (TPSA) is 54.9 Å². The number of alkyl halides is 1. The van der Waals surface area contributed by atoms with Crippen LogP contribution in [0.15, 0.2) is 18.6 Å². The highest BCUT2D eigenvalue weighted by atomic mass is 79.9. The summed E-state index contributed by atoms with van der Waals surface area (Å²) in [5.74, 6) is -0.175. The third-order valence-corrected chi connectivity index (χ3v) is 2.66. The summed E-state index contributed by atoms with van der Waals surface area (Å²) in [5.41, 5.74) is 0.389. The average Bonchev–Trinajstić information content (AvgIpc) is 2.19. The van der Waals surface area contributed by atoms with Crippen molar-refractivity contribution in [2.24, 2.45) is 0 Å². The van der Waals surface area contributed by atoms with E-state index in [0.717, 1.165) is 0 Å². The molecule has 5 heteroatoms. The highest BCUT2D eigenvalue weighted by Crippen LogP contribution is 2.04. The molecule has 1 aromatic rings. The number of amides is 1. The Labute approximate surface area is 91.3 Å². The summed E-state index contributed by atoms with van der Waals surface area (Å²) in [4.78, 5) is 19.4. The quantitative estimate of drug-likeness (QED) is 0.833. The first-order valence-electron chi connectivity index (χ1n) is 4.32. The summed E-state index contributed by atoms with van der Waals surface area (Å²) in [7, 11) is 0. The lowest BCUT2D eigenvalue weighted by atomic mass is 10.2. The molecule has 0 saturated carbocycles. The maximum atomic E-state index is 11.5. The molecule has 1 heterocycles. The Morgan fingerprint density at radius 3 is 2.79 bits per heavy atom. The van der Waals surface area contributed by atoms with Crippen molar-refractivity contribution in [3.05, 3.63) is 24.3 Å². The molecule has 4 nitrogen and oxygen atoms in total. The van der Waals surface area contributed by atoms with E-state index < -0.39 is 0 Å². The average molecular weight is 258 g/mol. The Balaban J connectivity index is 2.60. The van der Waals surface area contributed by atoms with Gasteiger partial charge in [-0.15, -0.1) is 0 Å². The summed E-state index contributed by atoms with van der Waals surface area (Å²) in [5, 5.41) is 2.82. The van der Waals surface area contributed by atoms with Crippen LogP contribution in [0.1, 0.15) is 24.3 Å². The minimum Gasteiger partial charge on any atom is -0.347 e. The number of carbonyl (C=O) groups excluding carboxylic acids is 1. The van der Waals surface area contributed by atoms with Gasteiger partial charge >= 0.3 is 0 Å². The second-order valence-electron chi connectivity index (χ2n) is 3.03. The molecule has 0 spiro atoms. The fourth-order valence-corrected chi connectivity index (χ4v) is 0.953. The van der Waals surface area contributed by atoms with Crippen molar-refractivity contribution in [1.29, 1.82) is 0 Å². The van der Waals surface area contributed by atoms with Crippen LogP contribution >= 0.6 is 15.9 Å². The van der Waals surface area contributed by atoms with E-state index in [-0.39, 0.29) is 16.8 Å². The van der Waals surface area contributed by atoms with Crippen LogP contribution in [0, 0.1) is 0 Å². The Morgan fingerprint density at radius 2 is 2.29 bits per heavy atom. The van der Waals surface area contributed by atoms with Gasteiger partial charge in [0.1, 0.15) is 12.0 Å². The van der Waals surface area contributed by atoms with Crippen LogP contribution in [0.25, 0.3) is 0 Å². The molecule has 1 amide bonds. The zero-order valence-corrected chi connectivity index (χ0v) is 9.65. The molecule has 0 radical (unpaired) electrons. The van der Waals surface area contributed by atoms with Gasteiger partial charge in [-0.1, -0.05) is 22.9 Å². The van der Waals surface area contributed by atoms with E-state index in [1.54, 1.807) is 12.3 Å². The van der Waals surface area contributed by atoms with E-state index in [1.165, 1.54) is 6.33 Å². The molecule has 1 N–H and O–H groups in total. The Bertz CT molecular complexity index is 302. The van der Waals surface area contributed by atoms with Gasteiger partial charge in [0.25, 0.3) is 5.91 Å². The summed E-state index contributed by atoms with van der Waals surface area (Å²) in [6.45, 7) is 3.91. The highest BCUT2D eigenvalue weighted by molar-refractivity contribution is 9.09. The number of hydrogen-bond acceptors (Lipinski definition) is 3. The van der Waals surface area contributed by atoms with Crippen LogP contribution in [0.5, 0.6) is 0 Å². The largest absolute Gasteiger partial charge is 0.347 e. The molecule has 14 heavy (non-hydrogen) atoms. The maximum absolute atomic E-state index is 11.5. The fourth-order valence-electron chi connectivity index (χ4n) is 0.821. The molecular weight excluding hydrogens is 246 g/mol. The number of carbonyl (C=O) groups is 1. The maximum Gasteiger partial charge on any atom is 0.270 e. The minimum atomic E-state index is -0.175. The second-order valence-corrected chi connectivity index (χ2v) is 4.48. The number of aromatic nitrogens is 2. The number of halogens is 1. The lowest BCUT2D eigenvalue weighted by Crippen LogP contribution is -2.37. The monoisotopic (exact) mass is 257 g/mol. The molecule has 0 aliphatic heterocycles. The van der Waals surface area contributed by atoms with Crippen molar-refractivity contribution in [2.45, 2.75) is 24.7 Å². The second kappa shape index (κ2) is 5.05.